The van der Waals surface area contributed by atoms with Crippen molar-refractivity contribution in [1.82, 2.24) is 5.43 Å². The minimum absolute atomic E-state index is 0.353. The molecular formula is C14H11ClN2O2. The number of hydrogen-bond donors (Lipinski definition) is 1. The first-order valence-electron chi connectivity index (χ1n) is 5.55. The number of benzene rings is 1. The van der Waals surface area contributed by atoms with Gasteiger partial charge in [0.25, 0.3) is 5.91 Å². The summed E-state index contributed by atoms with van der Waals surface area (Å²) >= 11 is 5.89. The van der Waals surface area contributed by atoms with Crippen LogP contribution in [0.25, 0.3) is 6.08 Å². The Bertz CT molecular complexity index is 604. The van der Waals surface area contributed by atoms with Crippen molar-refractivity contribution in [3.8, 4) is 0 Å². The molecule has 0 radical (unpaired) electrons. The van der Waals surface area contributed by atoms with E-state index in [1.807, 2.05) is 6.07 Å². The van der Waals surface area contributed by atoms with Gasteiger partial charge in [-0.1, -0.05) is 23.7 Å². The van der Waals surface area contributed by atoms with Crippen molar-refractivity contribution in [2.75, 3.05) is 0 Å². The van der Waals surface area contributed by atoms with Crippen molar-refractivity contribution in [3.63, 3.8) is 0 Å². The third kappa shape index (κ3) is 3.82. The van der Waals surface area contributed by atoms with Gasteiger partial charge in [-0.05, 0) is 36.4 Å². The quantitative estimate of drug-likeness (QED) is 0.686. The molecule has 0 bridgehead atoms. The number of nitrogens with one attached hydrogen (secondary N) is 1. The van der Waals surface area contributed by atoms with Gasteiger partial charge in [0.05, 0.1) is 16.8 Å². The van der Waals surface area contributed by atoms with Crippen LogP contribution in [0.4, 0.5) is 0 Å². The molecule has 1 N–H and O–H groups in total. The van der Waals surface area contributed by atoms with Crippen LogP contribution >= 0.6 is 11.6 Å². The highest BCUT2D eigenvalue weighted by Gasteiger charge is 2.07. The summed E-state index contributed by atoms with van der Waals surface area (Å²) in [5.41, 5.74) is 2.77. The van der Waals surface area contributed by atoms with Crippen LogP contribution in [0.5, 0.6) is 0 Å². The summed E-state index contributed by atoms with van der Waals surface area (Å²) in [4.78, 5) is 11.7. The maximum absolute atomic E-state index is 11.7. The molecule has 0 spiro atoms. The van der Waals surface area contributed by atoms with E-state index in [1.54, 1.807) is 48.7 Å². The zero-order valence-corrected chi connectivity index (χ0v) is 10.7. The summed E-state index contributed by atoms with van der Waals surface area (Å²) in [5.74, 6) is 0.358. The van der Waals surface area contributed by atoms with Gasteiger partial charge in [0.15, 0.2) is 0 Å². The fourth-order valence-corrected chi connectivity index (χ4v) is 1.59. The van der Waals surface area contributed by atoms with Gasteiger partial charge in [-0.15, -0.1) is 0 Å². The number of carbonyl (C=O) groups is 1. The molecule has 1 aromatic heterocycles. The van der Waals surface area contributed by atoms with E-state index >= 15 is 0 Å². The molecule has 1 aromatic carbocycles. The van der Waals surface area contributed by atoms with Crippen molar-refractivity contribution in [1.29, 1.82) is 0 Å². The lowest BCUT2D eigenvalue weighted by Crippen LogP contribution is -2.17. The molecule has 0 aliphatic heterocycles. The largest absolute Gasteiger partial charge is 0.465 e. The summed E-state index contributed by atoms with van der Waals surface area (Å²) < 4.78 is 5.09. The molecule has 19 heavy (non-hydrogen) atoms. The maximum Gasteiger partial charge on any atom is 0.272 e. The van der Waals surface area contributed by atoms with E-state index in [-0.39, 0.29) is 5.91 Å². The topological polar surface area (TPSA) is 54.6 Å². The van der Waals surface area contributed by atoms with Crippen LogP contribution in [0, 0.1) is 0 Å². The Hall–Kier alpha value is -2.33. The Balaban J connectivity index is 1.89. The van der Waals surface area contributed by atoms with Crippen LogP contribution in [-0.2, 0) is 0 Å². The Labute approximate surface area is 115 Å². The Morgan fingerprint density at radius 2 is 2.11 bits per heavy atom. The summed E-state index contributed by atoms with van der Waals surface area (Å²) in [6.07, 6.45) is 6.42. The third-order valence-electron chi connectivity index (χ3n) is 2.25. The van der Waals surface area contributed by atoms with E-state index in [1.165, 1.54) is 6.21 Å². The highest BCUT2D eigenvalue weighted by atomic mass is 35.5. The average Bonchev–Trinajstić information content (AvgIpc) is 2.92. The van der Waals surface area contributed by atoms with Crippen LogP contribution in [0.15, 0.2) is 58.3 Å². The zero-order valence-electron chi connectivity index (χ0n) is 9.92. The predicted molar refractivity (Wildman–Crippen MR) is 75.2 cm³/mol. The molecule has 0 unspecified atom stereocenters. The lowest BCUT2D eigenvalue weighted by molar-refractivity contribution is 0.0955. The van der Waals surface area contributed by atoms with Crippen LogP contribution in [0.3, 0.4) is 0 Å². The summed E-state index contributed by atoms with van der Waals surface area (Å²) in [7, 11) is 0. The molecule has 2 aromatic rings. The number of rotatable bonds is 4. The third-order valence-corrected chi connectivity index (χ3v) is 2.58. The Morgan fingerprint density at radius 1 is 1.26 bits per heavy atom. The highest BCUT2D eigenvalue weighted by molar-refractivity contribution is 6.33. The second kappa shape index (κ2) is 6.56. The standard InChI is InChI=1S/C14H11ClN2O2/c15-13-8-2-1-7-12(13)14(18)17-16-9-3-5-11-6-4-10-19-11/h1-10H,(H,17,18)/b5-3+,16-9-. The van der Waals surface area contributed by atoms with Crippen LogP contribution in [-0.4, -0.2) is 12.1 Å². The first-order valence-corrected chi connectivity index (χ1v) is 5.93. The molecule has 0 aliphatic rings. The van der Waals surface area contributed by atoms with Crippen LogP contribution < -0.4 is 5.43 Å². The predicted octanol–water partition coefficient (Wildman–Crippen LogP) is 3.36. The maximum atomic E-state index is 11.7. The van der Waals surface area contributed by atoms with E-state index in [2.05, 4.69) is 10.5 Å². The molecule has 4 nitrogen and oxygen atoms in total. The molecule has 0 saturated heterocycles. The number of amides is 1. The molecule has 0 atom stereocenters. The number of nitrogens with zero attached hydrogens (tertiary/aromatic N) is 1. The number of carbonyl (C=O) groups excluding carboxylic acids is 1. The Morgan fingerprint density at radius 3 is 2.84 bits per heavy atom. The van der Waals surface area contributed by atoms with Crippen molar-refractivity contribution in [2.45, 2.75) is 0 Å². The smallest absolute Gasteiger partial charge is 0.272 e. The summed E-state index contributed by atoms with van der Waals surface area (Å²) in [6.45, 7) is 0. The van der Waals surface area contributed by atoms with Gasteiger partial charge in [-0.3, -0.25) is 4.79 Å². The van der Waals surface area contributed by atoms with Crippen molar-refractivity contribution in [2.24, 2.45) is 5.10 Å². The lowest BCUT2D eigenvalue weighted by Gasteiger charge is -2.00. The van der Waals surface area contributed by atoms with Crippen molar-refractivity contribution in [3.05, 3.63) is 65.1 Å². The second-order valence-corrected chi connectivity index (χ2v) is 3.98. The molecule has 5 heteroatoms. The van der Waals surface area contributed by atoms with Crippen LogP contribution in [0.1, 0.15) is 16.1 Å². The Kier molecular flexibility index (Phi) is 4.53. The van der Waals surface area contributed by atoms with E-state index < -0.39 is 0 Å². The van der Waals surface area contributed by atoms with Gasteiger partial charge in [-0.25, -0.2) is 5.43 Å². The lowest BCUT2D eigenvalue weighted by atomic mass is 10.2. The van der Waals surface area contributed by atoms with Gasteiger partial charge in [0, 0.05) is 6.21 Å². The monoisotopic (exact) mass is 274 g/mol. The minimum Gasteiger partial charge on any atom is -0.465 e. The van der Waals surface area contributed by atoms with E-state index in [0.29, 0.717) is 16.3 Å². The number of furan rings is 1. The van der Waals surface area contributed by atoms with E-state index in [0.717, 1.165) is 0 Å². The SMILES string of the molecule is O=C(N/N=C\C=C\c1ccco1)c1ccccc1Cl. The molecule has 1 amide bonds. The number of allylic oxidation sites excluding steroid dienone is 1. The van der Waals surface area contributed by atoms with E-state index in [4.69, 9.17) is 16.0 Å². The van der Waals surface area contributed by atoms with Gasteiger partial charge in [0.1, 0.15) is 5.76 Å². The molecule has 1 heterocycles. The molecule has 2 rings (SSSR count). The molecule has 0 saturated carbocycles. The molecular weight excluding hydrogens is 264 g/mol. The number of halogens is 1. The fraction of sp³-hybridized carbons (Fsp3) is 0. The molecule has 0 aliphatic carbocycles. The molecule has 96 valence electrons. The first kappa shape index (κ1) is 13.1. The minimum atomic E-state index is -0.353. The number of hydrazone groups is 1. The highest BCUT2D eigenvalue weighted by Crippen LogP contribution is 2.14. The average molecular weight is 275 g/mol. The van der Waals surface area contributed by atoms with Gasteiger partial charge < -0.3 is 4.42 Å². The normalized spacial score (nSPS) is 11.2. The summed E-state index contributed by atoms with van der Waals surface area (Å²) in [6, 6.07) is 10.4. The van der Waals surface area contributed by atoms with Gasteiger partial charge in [-0.2, -0.15) is 5.10 Å². The van der Waals surface area contributed by atoms with Gasteiger partial charge >= 0.3 is 0 Å². The fourth-order valence-electron chi connectivity index (χ4n) is 1.37. The number of hydrogen-bond acceptors (Lipinski definition) is 3. The van der Waals surface area contributed by atoms with Gasteiger partial charge in [0.2, 0.25) is 0 Å². The van der Waals surface area contributed by atoms with E-state index in [9.17, 15) is 4.79 Å². The van der Waals surface area contributed by atoms with Crippen molar-refractivity contribution >= 4 is 29.8 Å². The second-order valence-electron chi connectivity index (χ2n) is 3.57. The zero-order chi connectivity index (χ0) is 13.5. The van der Waals surface area contributed by atoms with Crippen LogP contribution in [0.2, 0.25) is 5.02 Å². The first-order chi connectivity index (χ1) is 9.27. The summed E-state index contributed by atoms with van der Waals surface area (Å²) in [5, 5.41) is 4.17. The van der Waals surface area contributed by atoms with Crippen molar-refractivity contribution < 1.29 is 9.21 Å². The molecule has 0 fully saturated rings.